The van der Waals surface area contributed by atoms with Gasteiger partial charge in [-0.15, -0.1) is 0 Å². The molecular formula is C15H26N4O6. The van der Waals surface area contributed by atoms with Crippen LogP contribution in [-0.2, 0) is 19.2 Å². The fourth-order valence-corrected chi connectivity index (χ4v) is 2.65. The van der Waals surface area contributed by atoms with Gasteiger partial charge < -0.3 is 31.5 Å². The maximum atomic E-state index is 12.5. The van der Waals surface area contributed by atoms with Gasteiger partial charge in [-0.3, -0.25) is 19.2 Å². The van der Waals surface area contributed by atoms with Crippen molar-refractivity contribution in [3.05, 3.63) is 0 Å². The Morgan fingerprint density at radius 1 is 1.28 bits per heavy atom. The second-order valence-corrected chi connectivity index (χ2v) is 6.32. The first kappa shape index (κ1) is 20.8. The normalized spacial score (nSPS) is 19.4. The number of carboxylic acids is 1. The lowest BCUT2D eigenvalue weighted by molar-refractivity contribution is -0.141. The van der Waals surface area contributed by atoms with Crippen LogP contribution in [0.15, 0.2) is 0 Å². The van der Waals surface area contributed by atoms with Gasteiger partial charge in [0, 0.05) is 6.54 Å². The van der Waals surface area contributed by atoms with Crippen LogP contribution in [0.4, 0.5) is 0 Å². The number of nitrogens with one attached hydrogen (secondary N) is 2. The van der Waals surface area contributed by atoms with Crippen molar-refractivity contribution in [1.29, 1.82) is 0 Å². The Morgan fingerprint density at radius 2 is 1.92 bits per heavy atom. The number of carboxylic acid groups (broad SMARTS) is 1. The van der Waals surface area contributed by atoms with E-state index < -0.39 is 55.0 Å². The van der Waals surface area contributed by atoms with Crippen molar-refractivity contribution < 1.29 is 29.4 Å². The highest BCUT2D eigenvalue weighted by Gasteiger charge is 2.37. The number of nitrogens with two attached hydrogens (primary N) is 1. The van der Waals surface area contributed by atoms with Crippen LogP contribution in [-0.4, -0.2) is 76.6 Å². The largest absolute Gasteiger partial charge is 0.480 e. The van der Waals surface area contributed by atoms with Gasteiger partial charge >= 0.3 is 5.97 Å². The molecule has 25 heavy (non-hydrogen) atoms. The fraction of sp³-hybridized carbons (Fsp3) is 0.733. The van der Waals surface area contributed by atoms with Gasteiger partial charge in [-0.05, 0) is 18.8 Å². The van der Waals surface area contributed by atoms with Crippen molar-refractivity contribution in [3.8, 4) is 0 Å². The number of carbonyl (C=O) groups excluding carboxylic acids is 3. The summed E-state index contributed by atoms with van der Waals surface area (Å²) in [6, 6.07) is -2.78. The first-order valence-electron chi connectivity index (χ1n) is 8.15. The fourth-order valence-electron chi connectivity index (χ4n) is 2.65. The highest BCUT2D eigenvalue weighted by Crippen LogP contribution is 2.19. The molecule has 1 rings (SSSR count). The van der Waals surface area contributed by atoms with Crippen molar-refractivity contribution in [1.82, 2.24) is 15.5 Å². The number of carbonyl (C=O) groups is 4. The third-order valence-electron chi connectivity index (χ3n) is 4.01. The van der Waals surface area contributed by atoms with Gasteiger partial charge in [0.1, 0.15) is 24.7 Å². The minimum atomic E-state index is -1.19. The van der Waals surface area contributed by atoms with Crippen LogP contribution in [0.5, 0.6) is 0 Å². The zero-order chi connectivity index (χ0) is 19.1. The molecule has 10 nitrogen and oxygen atoms in total. The quantitative estimate of drug-likeness (QED) is 0.324. The second kappa shape index (κ2) is 9.33. The van der Waals surface area contributed by atoms with Crippen LogP contribution in [0, 0.1) is 5.92 Å². The van der Waals surface area contributed by atoms with Crippen molar-refractivity contribution in [2.45, 2.75) is 44.8 Å². The van der Waals surface area contributed by atoms with Crippen molar-refractivity contribution in [3.63, 3.8) is 0 Å². The Hall–Kier alpha value is -2.20. The zero-order valence-electron chi connectivity index (χ0n) is 14.4. The monoisotopic (exact) mass is 358 g/mol. The molecule has 3 unspecified atom stereocenters. The first-order chi connectivity index (χ1) is 11.7. The van der Waals surface area contributed by atoms with Crippen LogP contribution in [0.25, 0.3) is 0 Å². The third-order valence-corrected chi connectivity index (χ3v) is 4.01. The average Bonchev–Trinajstić information content (AvgIpc) is 3.05. The maximum absolute atomic E-state index is 12.5. The average molecular weight is 358 g/mol. The van der Waals surface area contributed by atoms with E-state index in [0.29, 0.717) is 19.4 Å². The summed E-state index contributed by atoms with van der Waals surface area (Å²) in [5.74, 6) is -3.08. The Labute approximate surface area is 145 Å². The Bertz CT molecular complexity index is 524. The summed E-state index contributed by atoms with van der Waals surface area (Å²) in [7, 11) is 0. The second-order valence-electron chi connectivity index (χ2n) is 6.32. The Balaban J connectivity index is 2.77. The molecule has 6 N–H and O–H groups in total. The van der Waals surface area contributed by atoms with Crippen molar-refractivity contribution in [2.24, 2.45) is 11.7 Å². The van der Waals surface area contributed by atoms with E-state index in [4.69, 9.17) is 15.9 Å². The molecule has 0 aromatic carbocycles. The van der Waals surface area contributed by atoms with E-state index in [0.717, 1.165) is 0 Å². The van der Waals surface area contributed by atoms with Gasteiger partial charge in [0.25, 0.3) is 0 Å². The number of likely N-dealkylation sites (tertiary alicyclic amines) is 1. The Kier molecular flexibility index (Phi) is 7.78. The minimum Gasteiger partial charge on any atom is -0.480 e. The summed E-state index contributed by atoms with van der Waals surface area (Å²) in [6.45, 7) is 2.71. The summed E-state index contributed by atoms with van der Waals surface area (Å²) in [6.07, 6.45) is 1.04. The van der Waals surface area contributed by atoms with E-state index in [1.165, 1.54) is 4.90 Å². The van der Waals surface area contributed by atoms with Crippen LogP contribution in [0.1, 0.15) is 26.7 Å². The number of aliphatic hydroxyl groups is 1. The van der Waals surface area contributed by atoms with Gasteiger partial charge in [-0.25, -0.2) is 0 Å². The number of aliphatic hydroxyl groups excluding tert-OH is 1. The SMILES string of the molecule is CC(C)C(NC(=O)C1CCCN1C(=O)C(N)CO)C(=O)NCC(=O)O. The van der Waals surface area contributed by atoms with Crippen LogP contribution in [0.3, 0.4) is 0 Å². The minimum absolute atomic E-state index is 0.275. The number of hydrogen-bond acceptors (Lipinski definition) is 6. The molecule has 1 heterocycles. The summed E-state index contributed by atoms with van der Waals surface area (Å²) >= 11 is 0. The van der Waals surface area contributed by atoms with Crippen molar-refractivity contribution >= 4 is 23.7 Å². The molecule has 1 aliphatic rings. The van der Waals surface area contributed by atoms with Crippen LogP contribution >= 0.6 is 0 Å². The van der Waals surface area contributed by atoms with Gasteiger partial charge in [0.2, 0.25) is 17.7 Å². The first-order valence-corrected chi connectivity index (χ1v) is 8.15. The molecule has 0 bridgehead atoms. The lowest BCUT2D eigenvalue weighted by Gasteiger charge is -2.28. The standard InChI is InChI=1S/C15H26N4O6/c1-8(2)12(14(24)17-6-11(21)22)18-13(23)10-4-3-5-19(10)15(25)9(16)7-20/h8-10,12,20H,3-7,16H2,1-2H3,(H,17,24)(H,18,23)(H,21,22). The molecule has 0 aromatic rings. The maximum Gasteiger partial charge on any atom is 0.322 e. The molecule has 0 spiro atoms. The van der Waals surface area contributed by atoms with E-state index in [9.17, 15) is 19.2 Å². The molecule has 1 saturated heterocycles. The topological polar surface area (TPSA) is 162 Å². The lowest BCUT2D eigenvalue weighted by atomic mass is 10.0. The number of nitrogens with zero attached hydrogens (tertiary/aromatic N) is 1. The summed E-state index contributed by atoms with van der Waals surface area (Å²) in [5.41, 5.74) is 5.53. The van der Waals surface area contributed by atoms with E-state index >= 15 is 0 Å². The molecule has 1 aliphatic heterocycles. The molecule has 0 aliphatic carbocycles. The molecule has 10 heteroatoms. The number of hydrogen-bond donors (Lipinski definition) is 5. The van der Waals surface area contributed by atoms with Crippen LogP contribution < -0.4 is 16.4 Å². The van der Waals surface area contributed by atoms with E-state index in [1.807, 2.05) is 0 Å². The van der Waals surface area contributed by atoms with Crippen molar-refractivity contribution in [2.75, 3.05) is 19.7 Å². The highest BCUT2D eigenvalue weighted by atomic mass is 16.4. The number of aliphatic carboxylic acids is 1. The third kappa shape index (κ3) is 5.68. The van der Waals surface area contributed by atoms with Gasteiger partial charge in [0.05, 0.1) is 6.61 Å². The Morgan fingerprint density at radius 3 is 2.44 bits per heavy atom. The molecule has 1 fully saturated rings. The van der Waals surface area contributed by atoms with Crippen LogP contribution in [0.2, 0.25) is 0 Å². The number of rotatable bonds is 8. The van der Waals surface area contributed by atoms with Gasteiger partial charge in [-0.1, -0.05) is 13.8 Å². The van der Waals surface area contributed by atoms with Gasteiger partial charge in [-0.2, -0.15) is 0 Å². The number of amides is 3. The molecule has 0 saturated carbocycles. The summed E-state index contributed by atoms with van der Waals surface area (Å²) < 4.78 is 0. The predicted molar refractivity (Wildman–Crippen MR) is 87.2 cm³/mol. The van der Waals surface area contributed by atoms with E-state index in [-0.39, 0.29) is 5.92 Å². The summed E-state index contributed by atoms with van der Waals surface area (Å²) in [5, 5.41) is 22.5. The molecule has 3 amide bonds. The lowest BCUT2D eigenvalue weighted by Crippen LogP contribution is -2.57. The smallest absolute Gasteiger partial charge is 0.322 e. The van der Waals surface area contributed by atoms with E-state index in [2.05, 4.69) is 10.6 Å². The van der Waals surface area contributed by atoms with E-state index in [1.54, 1.807) is 13.8 Å². The molecule has 0 aromatic heterocycles. The predicted octanol–water partition coefficient (Wildman–Crippen LogP) is -2.36. The molecule has 3 atom stereocenters. The van der Waals surface area contributed by atoms with Gasteiger partial charge in [0.15, 0.2) is 0 Å². The molecule has 142 valence electrons. The summed E-state index contributed by atoms with van der Waals surface area (Å²) in [4.78, 5) is 48.6. The molecule has 0 radical (unpaired) electrons. The zero-order valence-corrected chi connectivity index (χ0v) is 14.4. The molecular weight excluding hydrogens is 332 g/mol. The highest BCUT2D eigenvalue weighted by molar-refractivity contribution is 5.94.